The van der Waals surface area contributed by atoms with Gasteiger partial charge in [-0.15, -0.1) is 0 Å². The molecule has 3 fully saturated rings. The van der Waals surface area contributed by atoms with E-state index in [1.807, 2.05) is 12.2 Å². The van der Waals surface area contributed by atoms with Crippen molar-refractivity contribution in [3.05, 3.63) is 90.5 Å². The number of nitrogens with zero attached hydrogens (tertiary/aromatic N) is 5. The second-order valence-electron chi connectivity index (χ2n) is 16.7. The van der Waals surface area contributed by atoms with Crippen LogP contribution in [0.5, 0.6) is 5.88 Å². The first-order valence-electron chi connectivity index (χ1n) is 20.6. The smallest absolute Gasteiger partial charge is 0.416 e. The van der Waals surface area contributed by atoms with Gasteiger partial charge in [0.05, 0.1) is 28.8 Å². The Labute approximate surface area is 349 Å². The number of carbonyl (C=O) groups is 3. The van der Waals surface area contributed by atoms with Crippen LogP contribution in [0.1, 0.15) is 75.3 Å². The van der Waals surface area contributed by atoms with Crippen LogP contribution < -0.4 is 9.46 Å². The lowest BCUT2D eigenvalue weighted by Gasteiger charge is -2.29. The summed E-state index contributed by atoms with van der Waals surface area (Å²) in [6.45, 7) is -0.0308. The van der Waals surface area contributed by atoms with Crippen LogP contribution >= 0.6 is 0 Å². The van der Waals surface area contributed by atoms with Crippen molar-refractivity contribution in [2.75, 3.05) is 6.54 Å². The average Bonchev–Trinajstić information content (AvgIpc) is 4.14. The number of nitrogens with one attached hydrogen (secondary N) is 1. The zero-order valence-electron chi connectivity index (χ0n) is 33.0. The Hall–Kier alpha value is -5.71. The minimum atomic E-state index is -4.55. The number of para-hydroxylation sites is 1. The van der Waals surface area contributed by atoms with E-state index in [9.17, 15) is 36.0 Å². The highest BCUT2D eigenvalue weighted by Gasteiger charge is 2.61. The van der Waals surface area contributed by atoms with Gasteiger partial charge in [-0.25, -0.2) is 23.4 Å². The summed E-state index contributed by atoms with van der Waals surface area (Å²) in [6, 6.07) is 10.5. The van der Waals surface area contributed by atoms with Gasteiger partial charge in [0.25, 0.3) is 5.88 Å². The number of furan rings is 1. The summed E-state index contributed by atoms with van der Waals surface area (Å²) >= 11 is 0. The fraction of sp³-hybridized carbons (Fsp3) is 0.432. The van der Waals surface area contributed by atoms with Crippen LogP contribution in [0.2, 0.25) is 0 Å². The molecule has 5 heterocycles. The molecule has 9 rings (SSSR count). The molecule has 17 heteroatoms. The maximum Gasteiger partial charge on any atom is 0.416 e. The molecule has 0 radical (unpaired) electrons. The summed E-state index contributed by atoms with van der Waals surface area (Å²) in [7, 11) is -3.90. The number of aromatic nitrogens is 4. The standard InChI is InChI=1S/C44H43F3N6O7S/c45-44(46,47)29-14-12-27(13-15-29)39-50-37-33-10-6-7-11-36(33)60-38(37)40(51-39)59-31-19-34-35(54)21-43(42(56)52-61(57,58)32-16-17-32)20-30(43)9-5-3-1-2-4-8-28(41(55)53(34)24-31)18-26-22-48-25-49-23-26/h5-7,9-15,22-23,25,28,30-32,34H,1-4,8,16-21,24H2,(H,52,56)/b9-5-/t28-,30+,31-,34+,43-/m1/s1. The molecule has 0 unspecified atom stereocenters. The molecule has 0 bridgehead atoms. The molecule has 1 saturated heterocycles. The maximum absolute atomic E-state index is 14.8. The minimum absolute atomic E-state index is 0.0183. The quantitative estimate of drug-likeness (QED) is 0.157. The number of hydrogen-bond acceptors (Lipinski definition) is 11. The molecule has 318 valence electrons. The predicted molar refractivity (Wildman–Crippen MR) is 216 cm³/mol. The lowest BCUT2D eigenvalue weighted by molar-refractivity contribution is -0.142. The van der Waals surface area contributed by atoms with Gasteiger partial charge in [-0.05, 0) is 80.7 Å². The molecule has 13 nitrogen and oxygen atoms in total. The van der Waals surface area contributed by atoms with Gasteiger partial charge in [-0.1, -0.05) is 49.3 Å². The average molecular weight is 857 g/mol. The van der Waals surface area contributed by atoms with Gasteiger partial charge in [0, 0.05) is 42.1 Å². The molecule has 0 spiro atoms. The van der Waals surface area contributed by atoms with Crippen molar-refractivity contribution >= 4 is 49.7 Å². The summed E-state index contributed by atoms with van der Waals surface area (Å²) < 4.78 is 81.4. The molecule has 2 saturated carbocycles. The molecule has 2 aliphatic carbocycles. The van der Waals surface area contributed by atoms with Gasteiger partial charge in [-0.3, -0.25) is 19.1 Å². The monoisotopic (exact) mass is 856 g/mol. The van der Waals surface area contributed by atoms with Crippen LogP contribution in [0.15, 0.2) is 83.8 Å². The molecule has 5 aromatic rings. The lowest BCUT2D eigenvalue weighted by Crippen LogP contribution is -2.46. The van der Waals surface area contributed by atoms with Crippen molar-refractivity contribution in [2.24, 2.45) is 17.3 Å². The van der Waals surface area contributed by atoms with Gasteiger partial charge in [0.1, 0.15) is 23.5 Å². The van der Waals surface area contributed by atoms with Crippen molar-refractivity contribution < 1.29 is 45.1 Å². The van der Waals surface area contributed by atoms with Gasteiger partial charge in [0.15, 0.2) is 11.6 Å². The van der Waals surface area contributed by atoms with Crippen molar-refractivity contribution in [1.82, 2.24) is 29.6 Å². The van der Waals surface area contributed by atoms with E-state index in [4.69, 9.17) is 9.15 Å². The number of alkyl halides is 3. The van der Waals surface area contributed by atoms with E-state index >= 15 is 0 Å². The summed E-state index contributed by atoms with van der Waals surface area (Å²) in [6.07, 6.45) is 8.27. The normalized spacial score (nSPS) is 25.7. The number of amides is 2. The van der Waals surface area contributed by atoms with E-state index in [2.05, 4.69) is 24.7 Å². The number of carbonyl (C=O) groups excluding carboxylic acids is 3. The first-order chi connectivity index (χ1) is 29.3. The second-order valence-corrected chi connectivity index (χ2v) is 18.6. The number of Topliss-reactive ketones (excluding diaryl/α,β-unsaturated/α-hetero) is 1. The number of sulfonamides is 1. The van der Waals surface area contributed by atoms with E-state index in [0.29, 0.717) is 47.7 Å². The Morgan fingerprint density at radius 1 is 0.984 bits per heavy atom. The third kappa shape index (κ3) is 8.36. The largest absolute Gasteiger partial charge is 0.470 e. The van der Waals surface area contributed by atoms with Crippen LogP contribution in [-0.2, 0) is 37.0 Å². The summed E-state index contributed by atoms with van der Waals surface area (Å²) in [5.74, 6) is -2.21. The highest BCUT2D eigenvalue weighted by molar-refractivity contribution is 7.90. The summed E-state index contributed by atoms with van der Waals surface area (Å²) in [5, 5.41) is -0.0125. The van der Waals surface area contributed by atoms with Crippen LogP contribution in [0.3, 0.4) is 0 Å². The topological polar surface area (TPSA) is 175 Å². The number of rotatable bonds is 8. The lowest BCUT2D eigenvalue weighted by atomic mass is 9.90. The van der Waals surface area contributed by atoms with Gasteiger partial charge < -0.3 is 14.1 Å². The van der Waals surface area contributed by atoms with Crippen LogP contribution in [0.25, 0.3) is 33.5 Å². The Morgan fingerprint density at radius 3 is 2.51 bits per heavy atom. The molecule has 4 aliphatic rings. The molecule has 5 atom stereocenters. The van der Waals surface area contributed by atoms with Crippen molar-refractivity contribution in [1.29, 1.82) is 0 Å². The minimum Gasteiger partial charge on any atom is -0.470 e. The molecule has 61 heavy (non-hydrogen) atoms. The van der Waals surface area contributed by atoms with E-state index in [1.54, 1.807) is 36.7 Å². The number of ketones is 1. The zero-order chi connectivity index (χ0) is 42.5. The highest BCUT2D eigenvalue weighted by Crippen LogP contribution is 2.57. The Bertz CT molecular complexity index is 2630. The number of fused-ring (bicyclic) bond motifs is 5. The van der Waals surface area contributed by atoms with Crippen molar-refractivity contribution in [2.45, 2.75) is 94.2 Å². The fourth-order valence-corrected chi connectivity index (χ4v) is 10.2. The van der Waals surface area contributed by atoms with Crippen LogP contribution in [0.4, 0.5) is 13.2 Å². The number of ether oxygens (including phenoxy) is 1. The van der Waals surface area contributed by atoms with Crippen LogP contribution in [-0.4, -0.2) is 74.8 Å². The molecule has 2 aromatic carbocycles. The maximum atomic E-state index is 14.8. The zero-order valence-corrected chi connectivity index (χ0v) is 33.8. The van der Waals surface area contributed by atoms with Gasteiger partial charge >= 0.3 is 6.18 Å². The van der Waals surface area contributed by atoms with E-state index < -0.39 is 62.2 Å². The molecule has 3 aromatic heterocycles. The Morgan fingerprint density at radius 2 is 1.75 bits per heavy atom. The highest BCUT2D eigenvalue weighted by atomic mass is 32.2. The van der Waals surface area contributed by atoms with Gasteiger partial charge in [0.2, 0.25) is 27.4 Å². The molecular weight excluding hydrogens is 814 g/mol. The molecule has 1 N–H and O–H groups in total. The molecule has 2 aliphatic heterocycles. The summed E-state index contributed by atoms with van der Waals surface area (Å²) in [4.78, 5) is 62.6. The van der Waals surface area contributed by atoms with Crippen LogP contribution in [0, 0.1) is 17.3 Å². The first-order valence-corrected chi connectivity index (χ1v) is 22.2. The fourth-order valence-electron chi connectivity index (χ4n) is 8.78. The van der Waals surface area contributed by atoms with E-state index in [-0.39, 0.29) is 54.9 Å². The molecule has 2 amide bonds. The van der Waals surface area contributed by atoms with Crippen molar-refractivity contribution in [3.8, 4) is 17.3 Å². The SMILES string of the molecule is O=C1C[C@]2(C(=O)NS(=O)(=O)C3CC3)C[C@@H]2/C=C\CCCCC[C@H](Cc2cncnc2)C(=O)N2C[C@H](Oc3nc(-c4ccc(C(F)(F)F)cc4)nc4c3oc3ccccc34)C[C@@H]12. The number of allylic oxidation sites excluding steroid dienone is 2. The number of halogens is 3. The first kappa shape index (κ1) is 40.7. The van der Waals surface area contributed by atoms with Crippen molar-refractivity contribution in [3.63, 3.8) is 0 Å². The Balaban J connectivity index is 1.07. The number of hydrogen-bond donors (Lipinski definition) is 1. The van der Waals surface area contributed by atoms with E-state index in [0.717, 1.165) is 43.4 Å². The second kappa shape index (κ2) is 16.0. The molecular formula is C44H43F3N6O7S. The van der Waals surface area contributed by atoms with E-state index in [1.165, 1.54) is 23.4 Å². The van der Waals surface area contributed by atoms with Gasteiger partial charge in [-0.2, -0.15) is 18.2 Å². The predicted octanol–water partition coefficient (Wildman–Crippen LogP) is 7.15. The Kier molecular flexibility index (Phi) is 10.6. The third-order valence-electron chi connectivity index (χ3n) is 12.4. The number of benzene rings is 2. The summed E-state index contributed by atoms with van der Waals surface area (Å²) in [5.41, 5.74) is -0.0614. The third-order valence-corrected chi connectivity index (χ3v) is 14.2.